The van der Waals surface area contributed by atoms with Crippen LogP contribution in [0.1, 0.15) is 13.8 Å². The van der Waals surface area contributed by atoms with Gasteiger partial charge in [-0.25, -0.2) is 4.68 Å². The molecule has 128 valence electrons. The average molecular weight is 335 g/mol. The number of carbonyl (C=O) groups is 1. The summed E-state index contributed by atoms with van der Waals surface area (Å²) in [6.45, 7) is 4.24. The Morgan fingerprint density at radius 1 is 1.16 bits per heavy atom. The Bertz CT molecular complexity index is 828. The first-order valence-corrected chi connectivity index (χ1v) is 8.22. The van der Waals surface area contributed by atoms with E-state index in [4.69, 9.17) is 0 Å². The van der Waals surface area contributed by atoms with E-state index in [1.165, 1.54) is 0 Å². The molecule has 2 heterocycles. The molecule has 0 aliphatic rings. The van der Waals surface area contributed by atoms with Crippen LogP contribution in [0.5, 0.6) is 0 Å². The predicted octanol–water partition coefficient (Wildman–Crippen LogP) is 2.87. The van der Waals surface area contributed by atoms with Gasteiger partial charge in [0.2, 0.25) is 5.91 Å². The van der Waals surface area contributed by atoms with Crippen LogP contribution >= 0.6 is 0 Å². The molecule has 0 fully saturated rings. The lowest BCUT2D eigenvalue weighted by molar-refractivity contribution is -0.115. The SMILES string of the molecule is CC(C)NCC(=O)Nc1nn(-c2cccnc2)cc1-c1ccccc1. The standard InChI is InChI=1S/C19H21N5O/c1-14(2)21-12-18(25)22-19-17(15-7-4-3-5-8-15)13-24(23-19)16-9-6-10-20-11-16/h3-11,13-14,21H,12H2,1-2H3,(H,22,23,25). The van der Waals surface area contributed by atoms with Crippen LogP contribution < -0.4 is 10.6 Å². The fourth-order valence-electron chi connectivity index (χ4n) is 2.39. The number of anilines is 1. The molecule has 0 unspecified atom stereocenters. The Kier molecular flexibility index (Phi) is 5.20. The quantitative estimate of drug-likeness (QED) is 0.726. The van der Waals surface area contributed by atoms with Crippen molar-refractivity contribution in [2.45, 2.75) is 19.9 Å². The first-order valence-electron chi connectivity index (χ1n) is 8.22. The molecule has 0 atom stereocenters. The van der Waals surface area contributed by atoms with Crippen molar-refractivity contribution >= 4 is 11.7 Å². The van der Waals surface area contributed by atoms with Crippen molar-refractivity contribution in [3.8, 4) is 16.8 Å². The topological polar surface area (TPSA) is 71.8 Å². The second kappa shape index (κ2) is 7.72. The molecular formula is C19H21N5O. The van der Waals surface area contributed by atoms with Crippen molar-refractivity contribution < 1.29 is 4.79 Å². The minimum Gasteiger partial charge on any atom is -0.308 e. The molecule has 0 bridgehead atoms. The molecule has 1 amide bonds. The van der Waals surface area contributed by atoms with Crippen LogP contribution in [-0.2, 0) is 4.79 Å². The van der Waals surface area contributed by atoms with E-state index < -0.39 is 0 Å². The molecule has 25 heavy (non-hydrogen) atoms. The van der Waals surface area contributed by atoms with Crippen molar-refractivity contribution in [3.63, 3.8) is 0 Å². The smallest absolute Gasteiger partial charge is 0.239 e. The number of nitrogens with zero attached hydrogens (tertiary/aromatic N) is 3. The second-order valence-electron chi connectivity index (χ2n) is 6.00. The fourth-order valence-corrected chi connectivity index (χ4v) is 2.39. The Hall–Kier alpha value is -2.99. The van der Waals surface area contributed by atoms with Crippen LogP contribution in [-0.4, -0.2) is 33.3 Å². The number of nitrogens with one attached hydrogen (secondary N) is 2. The van der Waals surface area contributed by atoms with Crippen molar-refractivity contribution in [1.29, 1.82) is 0 Å². The molecule has 0 aliphatic heterocycles. The summed E-state index contributed by atoms with van der Waals surface area (Å²) in [6, 6.07) is 13.9. The van der Waals surface area contributed by atoms with E-state index in [1.54, 1.807) is 17.1 Å². The summed E-state index contributed by atoms with van der Waals surface area (Å²) in [4.78, 5) is 16.3. The molecule has 0 saturated carbocycles. The van der Waals surface area contributed by atoms with Crippen LogP contribution in [0, 0.1) is 0 Å². The number of aromatic nitrogens is 3. The van der Waals surface area contributed by atoms with Gasteiger partial charge in [0.25, 0.3) is 0 Å². The fraction of sp³-hybridized carbons (Fsp3) is 0.211. The lowest BCUT2D eigenvalue weighted by Crippen LogP contribution is -2.32. The summed E-state index contributed by atoms with van der Waals surface area (Å²) in [5.41, 5.74) is 2.69. The van der Waals surface area contributed by atoms with Gasteiger partial charge in [-0.1, -0.05) is 44.2 Å². The van der Waals surface area contributed by atoms with Crippen LogP contribution in [0.25, 0.3) is 16.8 Å². The maximum Gasteiger partial charge on any atom is 0.239 e. The molecule has 0 spiro atoms. The maximum atomic E-state index is 12.2. The maximum absolute atomic E-state index is 12.2. The lowest BCUT2D eigenvalue weighted by Gasteiger charge is -2.08. The summed E-state index contributed by atoms with van der Waals surface area (Å²) in [5, 5.41) is 10.5. The van der Waals surface area contributed by atoms with E-state index in [0.29, 0.717) is 5.82 Å². The normalized spacial score (nSPS) is 10.8. The van der Waals surface area contributed by atoms with E-state index in [2.05, 4.69) is 20.7 Å². The average Bonchev–Trinajstić information content (AvgIpc) is 3.05. The molecule has 1 aromatic carbocycles. The molecule has 3 rings (SSSR count). The number of hydrogen-bond donors (Lipinski definition) is 2. The van der Waals surface area contributed by atoms with Crippen molar-refractivity contribution in [2.75, 3.05) is 11.9 Å². The Morgan fingerprint density at radius 3 is 2.64 bits per heavy atom. The van der Waals surface area contributed by atoms with Gasteiger partial charge in [0, 0.05) is 24.0 Å². The Balaban J connectivity index is 1.92. The molecule has 0 aliphatic carbocycles. The van der Waals surface area contributed by atoms with Crippen LogP contribution in [0.4, 0.5) is 5.82 Å². The molecule has 2 N–H and O–H groups in total. The summed E-state index contributed by atoms with van der Waals surface area (Å²) in [5.74, 6) is 0.410. The van der Waals surface area contributed by atoms with E-state index in [0.717, 1.165) is 16.8 Å². The Morgan fingerprint density at radius 2 is 1.96 bits per heavy atom. The number of rotatable bonds is 6. The van der Waals surface area contributed by atoms with E-state index in [-0.39, 0.29) is 18.5 Å². The van der Waals surface area contributed by atoms with E-state index >= 15 is 0 Å². The van der Waals surface area contributed by atoms with Crippen LogP contribution in [0.2, 0.25) is 0 Å². The highest BCUT2D eigenvalue weighted by Gasteiger charge is 2.14. The number of amides is 1. The molecule has 6 heteroatoms. The second-order valence-corrected chi connectivity index (χ2v) is 6.00. The Labute approximate surface area is 146 Å². The van der Waals surface area contributed by atoms with Gasteiger partial charge in [-0.2, -0.15) is 0 Å². The van der Waals surface area contributed by atoms with Gasteiger partial charge < -0.3 is 10.6 Å². The highest BCUT2D eigenvalue weighted by Crippen LogP contribution is 2.28. The molecule has 0 radical (unpaired) electrons. The van der Waals surface area contributed by atoms with Crippen molar-refractivity contribution in [1.82, 2.24) is 20.1 Å². The van der Waals surface area contributed by atoms with Crippen LogP contribution in [0.3, 0.4) is 0 Å². The van der Waals surface area contributed by atoms with Gasteiger partial charge in [0.05, 0.1) is 18.4 Å². The van der Waals surface area contributed by atoms with Crippen molar-refractivity contribution in [3.05, 3.63) is 61.1 Å². The largest absolute Gasteiger partial charge is 0.308 e. The first-order chi connectivity index (χ1) is 12.1. The zero-order valence-electron chi connectivity index (χ0n) is 14.3. The third-order valence-electron chi connectivity index (χ3n) is 3.64. The van der Waals surface area contributed by atoms with Gasteiger partial charge in [0.15, 0.2) is 5.82 Å². The summed E-state index contributed by atoms with van der Waals surface area (Å²) in [7, 11) is 0. The minimum atomic E-state index is -0.123. The van der Waals surface area contributed by atoms with E-state index in [1.807, 2.05) is 62.5 Å². The third-order valence-corrected chi connectivity index (χ3v) is 3.64. The van der Waals surface area contributed by atoms with Gasteiger partial charge in [-0.05, 0) is 17.7 Å². The zero-order chi connectivity index (χ0) is 17.6. The third kappa shape index (κ3) is 4.30. The zero-order valence-corrected chi connectivity index (χ0v) is 14.3. The van der Waals surface area contributed by atoms with Gasteiger partial charge in [-0.3, -0.25) is 9.78 Å². The van der Waals surface area contributed by atoms with E-state index in [9.17, 15) is 4.79 Å². The molecule has 3 aromatic rings. The molecule has 0 saturated heterocycles. The number of pyridine rings is 1. The number of carbonyl (C=O) groups excluding carboxylic acids is 1. The molecular weight excluding hydrogens is 314 g/mol. The van der Waals surface area contributed by atoms with Gasteiger partial charge >= 0.3 is 0 Å². The summed E-state index contributed by atoms with van der Waals surface area (Å²) >= 11 is 0. The summed E-state index contributed by atoms with van der Waals surface area (Å²) in [6.07, 6.45) is 5.34. The number of hydrogen-bond acceptors (Lipinski definition) is 4. The van der Waals surface area contributed by atoms with Crippen LogP contribution in [0.15, 0.2) is 61.1 Å². The minimum absolute atomic E-state index is 0.123. The first kappa shape index (κ1) is 16.9. The van der Waals surface area contributed by atoms with Gasteiger partial charge in [0.1, 0.15) is 0 Å². The number of benzene rings is 1. The van der Waals surface area contributed by atoms with Gasteiger partial charge in [-0.15, -0.1) is 5.10 Å². The monoisotopic (exact) mass is 335 g/mol. The predicted molar refractivity (Wildman–Crippen MR) is 98.6 cm³/mol. The highest BCUT2D eigenvalue weighted by molar-refractivity contribution is 5.95. The molecule has 2 aromatic heterocycles. The summed E-state index contributed by atoms with van der Waals surface area (Å²) < 4.78 is 1.72. The molecule has 6 nitrogen and oxygen atoms in total. The lowest BCUT2D eigenvalue weighted by atomic mass is 10.1. The van der Waals surface area contributed by atoms with Crippen molar-refractivity contribution in [2.24, 2.45) is 0 Å². The highest BCUT2D eigenvalue weighted by atomic mass is 16.2.